The fourth-order valence-electron chi connectivity index (χ4n) is 11.0. The van der Waals surface area contributed by atoms with Gasteiger partial charge in [-0.15, -0.1) is 0 Å². The van der Waals surface area contributed by atoms with Crippen LogP contribution in [0.15, 0.2) is 12.2 Å². The molecule has 0 aliphatic heterocycles. The Morgan fingerprint density at radius 3 is 2.48 bits per heavy atom. The summed E-state index contributed by atoms with van der Waals surface area (Å²) in [5.74, 6) is 9.94. The predicted octanol–water partition coefficient (Wildman–Crippen LogP) is 4.90. The first kappa shape index (κ1) is 14.7. The monoisotopic (exact) mass is 338 g/mol. The van der Waals surface area contributed by atoms with Gasteiger partial charge in [-0.3, -0.25) is 0 Å². The molecule has 0 radical (unpaired) electrons. The molecule has 12 atom stereocenters. The van der Waals surface area contributed by atoms with Gasteiger partial charge in [-0.2, -0.15) is 0 Å². The van der Waals surface area contributed by atoms with Crippen molar-refractivity contribution in [2.45, 2.75) is 64.4 Å². The lowest BCUT2D eigenvalue weighted by molar-refractivity contribution is -0.102. The van der Waals surface area contributed by atoms with Crippen LogP contribution in [0.2, 0.25) is 0 Å². The van der Waals surface area contributed by atoms with Crippen molar-refractivity contribution in [1.82, 2.24) is 0 Å². The lowest BCUT2D eigenvalue weighted by Gasteiger charge is -2.56. The van der Waals surface area contributed by atoms with Gasteiger partial charge in [0.15, 0.2) is 0 Å². The topological polar surface area (TPSA) is 20.2 Å². The Morgan fingerprint density at radius 2 is 1.64 bits per heavy atom. The fraction of sp³-hybridized carbons (Fsp3) is 0.917. The molecule has 0 aromatic heterocycles. The van der Waals surface area contributed by atoms with Gasteiger partial charge < -0.3 is 5.11 Å². The summed E-state index contributed by atoms with van der Waals surface area (Å²) in [5.41, 5.74) is 0.693. The van der Waals surface area contributed by atoms with Crippen molar-refractivity contribution >= 4 is 0 Å². The van der Waals surface area contributed by atoms with Gasteiger partial charge in [-0.1, -0.05) is 38.3 Å². The third kappa shape index (κ3) is 1.45. The van der Waals surface area contributed by atoms with Gasteiger partial charge in [-0.05, 0) is 103 Å². The summed E-state index contributed by atoms with van der Waals surface area (Å²) in [6.07, 6.45) is 17.3. The minimum atomic E-state index is 0.0292. The summed E-state index contributed by atoms with van der Waals surface area (Å²) in [7, 11) is 0. The molecule has 25 heavy (non-hydrogen) atoms. The summed E-state index contributed by atoms with van der Waals surface area (Å²) >= 11 is 0. The van der Waals surface area contributed by atoms with E-state index in [2.05, 4.69) is 19.1 Å². The maximum Gasteiger partial charge on any atom is 0.0599 e. The third-order valence-corrected chi connectivity index (χ3v) is 11.3. The largest absolute Gasteiger partial charge is 0.393 e. The van der Waals surface area contributed by atoms with E-state index < -0.39 is 0 Å². The Hall–Kier alpha value is -0.300. The minimum Gasteiger partial charge on any atom is -0.393 e. The molecule has 7 aliphatic carbocycles. The second-order valence-corrected chi connectivity index (χ2v) is 11.4. The van der Waals surface area contributed by atoms with Gasteiger partial charge in [-0.25, -0.2) is 0 Å². The highest BCUT2D eigenvalue weighted by molar-refractivity contribution is 5.30. The van der Waals surface area contributed by atoms with Gasteiger partial charge in [0.1, 0.15) is 0 Å². The molecule has 0 saturated heterocycles. The van der Waals surface area contributed by atoms with E-state index in [1.165, 1.54) is 44.9 Å². The number of aliphatic hydroxyl groups is 1. The molecule has 6 bridgehead atoms. The second-order valence-electron chi connectivity index (χ2n) is 11.4. The number of rotatable bonds is 1. The van der Waals surface area contributed by atoms with E-state index in [1.54, 1.807) is 6.42 Å². The van der Waals surface area contributed by atoms with Crippen LogP contribution in [0, 0.1) is 70.5 Å². The van der Waals surface area contributed by atoms with Gasteiger partial charge in [0, 0.05) is 0 Å². The SMILES string of the molecule is CC1C(O)C2CC1C1C2C2CC1(C1CCCCC1)C1C3C=CC(C3)C21. The van der Waals surface area contributed by atoms with E-state index in [-0.39, 0.29) is 6.10 Å². The van der Waals surface area contributed by atoms with Crippen LogP contribution in [0.1, 0.15) is 58.3 Å². The molecule has 7 rings (SSSR count). The molecule has 1 nitrogen and oxygen atoms in total. The zero-order valence-corrected chi connectivity index (χ0v) is 15.7. The standard InChI is InChI=1S/C24H34O/c1-12-16-10-17(23(12)25)20-18-11-24(22(16)20,15-5-3-2-4-6-15)21-14-8-7-13(9-14)19(18)21/h7-8,12-23,25H,2-6,9-11H2,1H3. The molecule has 0 heterocycles. The Balaban J connectivity index is 1.39. The average Bonchev–Trinajstić information content (AvgIpc) is 3.44. The second kappa shape index (κ2) is 4.57. The number of aliphatic hydroxyl groups excluding tert-OH is 1. The quantitative estimate of drug-likeness (QED) is 0.532. The Bertz CT molecular complexity index is 632. The zero-order chi connectivity index (χ0) is 16.5. The van der Waals surface area contributed by atoms with Crippen LogP contribution in [-0.4, -0.2) is 11.2 Å². The van der Waals surface area contributed by atoms with E-state index in [1.807, 2.05) is 0 Å². The molecular formula is C24H34O. The smallest absolute Gasteiger partial charge is 0.0599 e. The summed E-state index contributed by atoms with van der Waals surface area (Å²) in [6, 6.07) is 0. The molecule has 136 valence electrons. The van der Waals surface area contributed by atoms with E-state index in [0.717, 1.165) is 53.3 Å². The van der Waals surface area contributed by atoms with Crippen molar-refractivity contribution in [3.05, 3.63) is 12.2 Å². The van der Waals surface area contributed by atoms with Gasteiger partial charge >= 0.3 is 0 Å². The van der Waals surface area contributed by atoms with Crippen LogP contribution in [-0.2, 0) is 0 Å². The summed E-state index contributed by atoms with van der Waals surface area (Å²) < 4.78 is 0. The molecule has 1 N–H and O–H groups in total. The molecule has 6 saturated carbocycles. The highest BCUT2D eigenvalue weighted by atomic mass is 16.3. The van der Waals surface area contributed by atoms with Crippen LogP contribution < -0.4 is 0 Å². The number of fused-ring (bicyclic) bond motifs is 16. The van der Waals surface area contributed by atoms with E-state index >= 15 is 0 Å². The first-order valence-corrected chi connectivity index (χ1v) is 11.6. The molecule has 7 aliphatic rings. The van der Waals surface area contributed by atoms with Crippen molar-refractivity contribution in [1.29, 1.82) is 0 Å². The van der Waals surface area contributed by atoms with E-state index in [0.29, 0.717) is 17.3 Å². The molecule has 1 heteroatoms. The molecule has 12 unspecified atom stereocenters. The Morgan fingerprint density at radius 1 is 0.840 bits per heavy atom. The Kier molecular flexibility index (Phi) is 2.69. The first-order valence-electron chi connectivity index (χ1n) is 11.6. The molecule has 0 amide bonds. The third-order valence-electron chi connectivity index (χ3n) is 11.3. The van der Waals surface area contributed by atoms with Gasteiger partial charge in [0.25, 0.3) is 0 Å². The maximum absolute atomic E-state index is 10.9. The van der Waals surface area contributed by atoms with Crippen LogP contribution in [0.5, 0.6) is 0 Å². The van der Waals surface area contributed by atoms with Crippen LogP contribution in [0.3, 0.4) is 0 Å². The van der Waals surface area contributed by atoms with Crippen molar-refractivity contribution in [2.75, 3.05) is 0 Å². The number of allylic oxidation sites excluding steroid dienone is 2. The lowest BCUT2D eigenvalue weighted by Crippen LogP contribution is -2.53. The van der Waals surface area contributed by atoms with Crippen molar-refractivity contribution < 1.29 is 5.11 Å². The van der Waals surface area contributed by atoms with Crippen LogP contribution >= 0.6 is 0 Å². The van der Waals surface area contributed by atoms with Crippen molar-refractivity contribution in [2.24, 2.45) is 70.5 Å². The van der Waals surface area contributed by atoms with Gasteiger partial charge in [0.05, 0.1) is 6.10 Å². The predicted molar refractivity (Wildman–Crippen MR) is 98.6 cm³/mol. The van der Waals surface area contributed by atoms with Crippen molar-refractivity contribution in [3.8, 4) is 0 Å². The summed E-state index contributed by atoms with van der Waals surface area (Å²) in [5, 5.41) is 10.9. The highest BCUT2D eigenvalue weighted by Gasteiger charge is 2.78. The number of hydrogen-bond donors (Lipinski definition) is 1. The minimum absolute atomic E-state index is 0.0292. The molecule has 6 fully saturated rings. The van der Waals surface area contributed by atoms with E-state index in [4.69, 9.17) is 0 Å². The molecular weight excluding hydrogens is 304 g/mol. The average molecular weight is 339 g/mol. The van der Waals surface area contributed by atoms with Crippen molar-refractivity contribution in [3.63, 3.8) is 0 Å². The highest BCUT2D eigenvalue weighted by Crippen LogP contribution is 2.83. The molecule has 0 aromatic carbocycles. The molecule has 0 aromatic rings. The zero-order valence-electron chi connectivity index (χ0n) is 15.7. The van der Waals surface area contributed by atoms with E-state index in [9.17, 15) is 5.11 Å². The van der Waals surface area contributed by atoms with Crippen LogP contribution in [0.4, 0.5) is 0 Å². The first-order chi connectivity index (χ1) is 12.2. The summed E-state index contributed by atoms with van der Waals surface area (Å²) in [4.78, 5) is 0. The Labute approximate surface area is 152 Å². The van der Waals surface area contributed by atoms with Gasteiger partial charge in [0.2, 0.25) is 0 Å². The number of hydrogen-bond acceptors (Lipinski definition) is 1. The fourth-order valence-corrected chi connectivity index (χ4v) is 11.0. The molecule has 0 spiro atoms. The normalized spacial score (nSPS) is 66.6. The van der Waals surface area contributed by atoms with Crippen LogP contribution in [0.25, 0.3) is 0 Å². The lowest BCUT2D eigenvalue weighted by atomic mass is 9.48. The maximum atomic E-state index is 10.9. The summed E-state index contributed by atoms with van der Waals surface area (Å²) in [6.45, 7) is 2.39.